The van der Waals surface area contributed by atoms with Crippen LogP contribution in [0.25, 0.3) is 0 Å². The van der Waals surface area contributed by atoms with Crippen LogP contribution in [0.15, 0.2) is 0 Å². The van der Waals surface area contributed by atoms with Crippen molar-refractivity contribution in [2.75, 3.05) is 6.54 Å². The van der Waals surface area contributed by atoms with Crippen LogP contribution in [-0.4, -0.2) is 6.54 Å². The van der Waals surface area contributed by atoms with Gasteiger partial charge in [-0.3, -0.25) is 0 Å². The van der Waals surface area contributed by atoms with Crippen molar-refractivity contribution in [3.8, 4) is 0 Å². The molecule has 0 aliphatic heterocycles. The number of hydrogen-bond donors (Lipinski definition) is 1. The normalized spacial score (nSPS) is 31.0. The maximum atomic E-state index is 5.76. The average molecular weight is 168 g/mol. The molecule has 0 bridgehead atoms. The van der Waals surface area contributed by atoms with E-state index in [-0.39, 0.29) is 0 Å². The van der Waals surface area contributed by atoms with Crippen LogP contribution in [-0.2, 0) is 0 Å². The lowest BCUT2D eigenvalue weighted by atomic mass is 9.75. The molecular formula is C11H22N. The fraction of sp³-hybridized carbons (Fsp3) is 0.909. The molecule has 0 aromatic rings. The third kappa shape index (κ3) is 2.78. The Bertz CT molecular complexity index is 120. The summed E-state index contributed by atoms with van der Waals surface area (Å²) >= 11 is 0. The molecular weight excluding hydrogens is 146 g/mol. The highest BCUT2D eigenvalue weighted by Crippen LogP contribution is 2.33. The van der Waals surface area contributed by atoms with Crippen LogP contribution < -0.4 is 5.73 Å². The van der Waals surface area contributed by atoms with Gasteiger partial charge in [-0.05, 0) is 37.1 Å². The van der Waals surface area contributed by atoms with Crippen molar-refractivity contribution in [2.45, 2.75) is 46.0 Å². The summed E-state index contributed by atoms with van der Waals surface area (Å²) in [4.78, 5) is 0. The smallest absolute Gasteiger partial charge is 0.00462 e. The lowest BCUT2D eigenvalue weighted by Crippen LogP contribution is -2.27. The second-order valence-corrected chi connectivity index (χ2v) is 4.45. The van der Waals surface area contributed by atoms with E-state index in [9.17, 15) is 0 Å². The largest absolute Gasteiger partial charge is 0.330 e. The van der Waals surface area contributed by atoms with Gasteiger partial charge in [0.2, 0.25) is 0 Å². The van der Waals surface area contributed by atoms with Gasteiger partial charge in [-0.2, -0.15) is 0 Å². The predicted molar refractivity (Wildman–Crippen MR) is 53.7 cm³/mol. The second-order valence-electron chi connectivity index (χ2n) is 4.45. The number of hydrogen-bond acceptors (Lipinski definition) is 1. The molecule has 2 atom stereocenters. The summed E-state index contributed by atoms with van der Waals surface area (Å²) in [6.07, 6.45) is 6.92. The molecule has 0 amide bonds. The van der Waals surface area contributed by atoms with Crippen LogP contribution >= 0.6 is 0 Å². The Morgan fingerprint density at radius 3 is 2.25 bits per heavy atom. The molecule has 0 heterocycles. The monoisotopic (exact) mass is 168 g/mol. The molecule has 1 nitrogen and oxygen atoms in total. The SMILES string of the molecule is C[C](C)CC1CCCCC1CN. The molecule has 2 N–H and O–H groups in total. The molecule has 0 saturated heterocycles. The summed E-state index contributed by atoms with van der Waals surface area (Å²) in [5.74, 6) is 3.28. The first-order valence-corrected chi connectivity index (χ1v) is 5.23. The van der Waals surface area contributed by atoms with Crippen LogP contribution in [0.1, 0.15) is 46.0 Å². The van der Waals surface area contributed by atoms with Gasteiger partial charge in [0.25, 0.3) is 0 Å². The minimum Gasteiger partial charge on any atom is -0.330 e. The van der Waals surface area contributed by atoms with E-state index in [1.165, 1.54) is 32.1 Å². The van der Waals surface area contributed by atoms with E-state index in [0.29, 0.717) is 0 Å². The maximum Gasteiger partial charge on any atom is -0.00462 e. The highest BCUT2D eigenvalue weighted by Gasteiger charge is 2.24. The molecule has 1 aliphatic rings. The molecule has 0 aromatic carbocycles. The molecule has 1 saturated carbocycles. The van der Waals surface area contributed by atoms with Gasteiger partial charge in [0.1, 0.15) is 0 Å². The van der Waals surface area contributed by atoms with E-state index in [1.54, 1.807) is 5.92 Å². The van der Waals surface area contributed by atoms with E-state index in [1.807, 2.05) is 0 Å². The Hall–Kier alpha value is -0.0400. The van der Waals surface area contributed by atoms with Crippen molar-refractivity contribution in [3.05, 3.63) is 5.92 Å². The number of rotatable bonds is 3. The predicted octanol–water partition coefficient (Wildman–Crippen LogP) is 2.76. The van der Waals surface area contributed by atoms with Gasteiger partial charge in [0.05, 0.1) is 0 Å². The zero-order chi connectivity index (χ0) is 8.97. The Morgan fingerprint density at radius 1 is 1.17 bits per heavy atom. The Morgan fingerprint density at radius 2 is 1.75 bits per heavy atom. The summed E-state index contributed by atoms with van der Waals surface area (Å²) < 4.78 is 0. The van der Waals surface area contributed by atoms with E-state index < -0.39 is 0 Å². The fourth-order valence-corrected chi connectivity index (χ4v) is 2.39. The van der Waals surface area contributed by atoms with Crippen LogP contribution in [0.4, 0.5) is 0 Å². The maximum absolute atomic E-state index is 5.76. The lowest BCUT2D eigenvalue weighted by Gasteiger charge is -2.31. The Balaban J connectivity index is 2.36. The molecule has 1 fully saturated rings. The van der Waals surface area contributed by atoms with Gasteiger partial charge in [0.15, 0.2) is 0 Å². The van der Waals surface area contributed by atoms with Crippen LogP contribution in [0, 0.1) is 17.8 Å². The van der Waals surface area contributed by atoms with Crippen molar-refractivity contribution < 1.29 is 0 Å². The number of nitrogens with two attached hydrogens (primary N) is 1. The second kappa shape index (κ2) is 4.86. The van der Waals surface area contributed by atoms with Gasteiger partial charge < -0.3 is 5.73 Å². The third-order valence-electron chi connectivity index (χ3n) is 3.04. The van der Waals surface area contributed by atoms with E-state index in [2.05, 4.69) is 13.8 Å². The molecule has 1 heteroatoms. The molecule has 1 aliphatic carbocycles. The molecule has 1 rings (SSSR count). The summed E-state index contributed by atoms with van der Waals surface area (Å²) in [5, 5.41) is 0. The van der Waals surface area contributed by atoms with Crippen LogP contribution in [0.2, 0.25) is 0 Å². The standard InChI is InChI=1S/C11H22N/c1-9(2)7-10-5-3-4-6-11(10)8-12/h10-11H,3-8,12H2,1-2H3. The summed E-state index contributed by atoms with van der Waals surface area (Å²) in [7, 11) is 0. The van der Waals surface area contributed by atoms with Crippen molar-refractivity contribution in [2.24, 2.45) is 17.6 Å². The molecule has 2 unspecified atom stereocenters. The quantitative estimate of drug-likeness (QED) is 0.689. The molecule has 0 aromatic heterocycles. The van der Waals surface area contributed by atoms with Crippen molar-refractivity contribution in [1.29, 1.82) is 0 Å². The first-order valence-electron chi connectivity index (χ1n) is 5.23. The van der Waals surface area contributed by atoms with Gasteiger partial charge in [-0.1, -0.05) is 33.1 Å². The van der Waals surface area contributed by atoms with Crippen molar-refractivity contribution in [1.82, 2.24) is 0 Å². The first-order chi connectivity index (χ1) is 5.74. The Kier molecular flexibility index (Phi) is 4.07. The van der Waals surface area contributed by atoms with Gasteiger partial charge in [-0.15, -0.1) is 0 Å². The average Bonchev–Trinajstić information content (AvgIpc) is 2.04. The summed E-state index contributed by atoms with van der Waals surface area (Å²) in [6.45, 7) is 5.38. The molecule has 12 heavy (non-hydrogen) atoms. The Labute approximate surface area is 76.7 Å². The highest BCUT2D eigenvalue weighted by atomic mass is 14.6. The van der Waals surface area contributed by atoms with Gasteiger partial charge >= 0.3 is 0 Å². The van der Waals surface area contributed by atoms with Gasteiger partial charge in [0, 0.05) is 0 Å². The van der Waals surface area contributed by atoms with Gasteiger partial charge in [-0.25, -0.2) is 0 Å². The zero-order valence-corrected chi connectivity index (χ0v) is 8.47. The molecule has 71 valence electrons. The van der Waals surface area contributed by atoms with Crippen molar-refractivity contribution in [3.63, 3.8) is 0 Å². The topological polar surface area (TPSA) is 26.0 Å². The lowest BCUT2D eigenvalue weighted by molar-refractivity contribution is 0.235. The van der Waals surface area contributed by atoms with E-state index >= 15 is 0 Å². The minimum atomic E-state index is 0.814. The van der Waals surface area contributed by atoms with Crippen LogP contribution in [0.5, 0.6) is 0 Å². The van der Waals surface area contributed by atoms with E-state index in [4.69, 9.17) is 5.73 Å². The zero-order valence-electron chi connectivity index (χ0n) is 8.47. The summed E-state index contributed by atoms with van der Waals surface area (Å²) in [5.41, 5.74) is 5.76. The van der Waals surface area contributed by atoms with Crippen molar-refractivity contribution >= 4 is 0 Å². The third-order valence-corrected chi connectivity index (χ3v) is 3.04. The van der Waals surface area contributed by atoms with Crippen LogP contribution in [0.3, 0.4) is 0 Å². The fourth-order valence-electron chi connectivity index (χ4n) is 2.39. The molecule has 0 spiro atoms. The highest BCUT2D eigenvalue weighted by molar-refractivity contribution is 4.86. The minimum absolute atomic E-state index is 0.814. The summed E-state index contributed by atoms with van der Waals surface area (Å²) in [6, 6.07) is 0. The van der Waals surface area contributed by atoms with E-state index in [0.717, 1.165) is 18.4 Å². The molecule has 1 radical (unpaired) electrons. The first kappa shape index (κ1) is 10.0.